The van der Waals surface area contributed by atoms with Gasteiger partial charge in [-0.3, -0.25) is 4.98 Å². The highest BCUT2D eigenvalue weighted by Gasteiger charge is 2.23. The minimum atomic E-state index is 0.482. The molecule has 1 fully saturated rings. The van der Waals surface area contributed by atoms with Crippen molar-refractivity contribution in [1.29, 1.82) is 0 Å². The standard InChI is InChI=1S/C12H18N2O/c1-15-9-11-8-10(5-7-13-11)12-4-2-3-6-14-12/h2-4,6,10-11,13H,5,7-9H2,1H3. The van der Waals surface area contributed by atoms with Crippen molar-refractivity contribution in [3.63, 3.8) is 0 Å². The Morgan fingerprint density at radius 2 is 2.47 bits per heavy atom. The van der Waals surface area contributed by atoms with Crippen molar-refractivity contribution in [3.8, 4) is 0 Å². The molecule has 0 aliphatic carbocycles. The van der Waals surface area contributed by atoms with Crippen molar-refractivity contribution in [2.45, 2.75) is 24.8 Å². The third kappa shape index (κ3) is 2.76. The number of hydrogen-bond donors (Lipinski definition) is 1. The van der Waals surface area contributed by atoms with E-state index in [1.54, 1.807) is 7.11 Å². The maximum Gasteiger partial charge on any atom is 0.0616 e. The average Bonchev–Trinajstić information content (AvgIpc) is 2.31. The molecule has 3 nitrogen and oxygen atoms in total. The molecule has 1 aliphatic heterocycles. The summed E-state index contributed by atoms with van der Waals surface area (Å²) in [6.07, 6.45) is 4.19. The highest BCUT2D eigenvalue weighted by atomic mass is 16.5. The molecular formula is C12H18N2O. The van der Waals surface area contributed by atoms with Gasteiger partial charge in [0, 0.05) is 31.0 Å². The number of methoxy groups -OCH3 is 1. The molecular weight excluding hydrogens is 188 g/mol. The summed E-state index contributed by atoms with van der Waals surface area (Å²) in [6, 6.07) is 6.64. The van der Waals surface area contributed by atoms with E-state index in [0.717, 1.165) is 19.6 Å². The first-order chi connectivity index (χ1) is 7.40. The van der Waals surface area contributed by atoms with E-state index in [0.29, 0.717) is 12.0 Å². The summed E-state index contributed by atoms with van der Waals surface area (Å²) in [4.78, 5) is 4.43. The Balaban J connectivity index is 1.98. The van der Waals surface area contributed by atoms with Crippen LogP contribution in [0.4, 0.5) is 0 Å². The van der Waals surface area contributed by atoms with E-state index >= 15 is 0 Å². The molecule has 15 heavy (non-hydrogen) atoms. The highest BCUT2D eigenvalue weighted by Crippen LogP contribution is 2.25. The molecule has 0 bridgehead atoms. The van der Waals surface area contributed by atoms with Crippen molar-refractivity contribution in [2.24, 2.45) is 0 Å². The molecule has 1 aliphatic rings. The minimum Gasteiger partial charge on any atom is -0.383 e. The lowest BCUT2D eigenvalue weighted by molar-refractivity contribution is 0.148. The fourth-order valence-corrected chi connectivity index (χ4v) is 2.22. The van der Waals surface area contributed by atoms with Crippen LogP contribution in [-0.2, 0) is 4.74 Å². The van der Waals surface area contributed by atoms with Gasteiger partial charge in [0.15, 0.2) is 0 Å². The highest BCUT2D eigenvalue weighted by molar-refractivity contribution is 5.11. The fraction of sp³-hybridized carbons (Fsp3) is 0.583. The second kappa shape index (κ2) is 5.24. The van der Waals surface area contributed by atoms with Crippen molar-refractivity contribution in [3.05, 3.63) is 30.1 Å². The molecule has 1 saturated heterocycles. The Hall–Kier alpha value is -0.930. The topological polar surface area (TPSA) is 34.1 Å². The monoisotopic (exact) mass is 206 g/mol. The first-order valence-corrected chi connectivity index (χ1v) is 5.53. The summed E-state index contributed by atoms with van der Waals surface area (Å²) in [5.74, 6) is 0.590. The van der Waals surface area contributed by atoms with Gasteiger partial charge < -0.3 is 10.1 Å². The number of nitrogens with one attached hydrogen (secondary N) is 1. The van der Waals surface area contributed by atoms with Crippen LogP contribution in [0, 0.1) is 0 Å². The van der Waals surface area contributed by atoms with Gasteiger partial charge >= 0.3 is 0 Å². The summed E-state index contributed by atoms with van der Waals surface area (Å²) in [7, 11) is 1.76. The molecule has 0 spiro atoms. The zero-order chi connectivity index (χ0) is 10.5. The van der Waals surface area contributed by atoms with Gasteiger partial charge in [0.05, 0.1) is 6.61 Å². The minimum absolute atomic E-state index is 0.482. The van der Waals surface area contributed by atoms with Crippen molar-refractivity contribution in [1.82, 2.24) is 10.3 Å². The summed E-state index contributed by atoms with van der Waals surface area (Å²) in [5, 5.41) is 3.47. The predicted molar refractivity (Wildman–Crippen MR) is 59.9 cm³/mol. The van der Waals surface area contributed by atoms with E-state index < -0.39 is 0 Å². The lowest BCUT2D eigenvalue weighted by atomic mass is 9.90. The van der Waals surface area contributed by atoms with Crippen LogP contribution >= 0.6 is 0 Å². The lowest BCUT2D eigenvalue weighted by Gasteiger charge is -2.29. The van der Waals surface area contributed by atoms with E-state index in [1.807, 2.05) is 12.3 Å². The third-order valence-corrected chi connectivity index (χ3v) is 2.97. The fourth-order valence-electron chi connectivity index (χ4n) is 2.22. The summed E-state index contributed by atoms with van der Waals surface area (Å²) < 4.78 is 5.18. The summed E-state index contributed by atoms with van der Waals surface area (Å²) >= 11 is 0. The van der Waals surface area contributed by atoms with E-state index in [2.05, 4.69) is 22.4 Å². The molecule has 0 saturated carbocycles. The van der Waals surface area contributed by atoms with Crippen molar-refractivity contribution < 1.29 is 4.74 Å². The number of pyridine rings is 1. The van der Waals surface area contributed by atoms with E-state index in [-0.39, 0.29) is 0 Å². The molecule has 1 aromatic heterocycles. The molecule has 2 rings (SSSR count). The van der Waals surface area contributed by atoms with Crippen LogP contribution in [0.1, 0.15) is 24.5 Å². The Labute approximate surface area is 90.9 Å². The van der Waals surface area contributed by atoms with Gasteiger partial charge in [0.1, 0.15) is 0 Å². The molecule has 3 heteroatoms. The van der Waals surface area contributed by atoms with Crippen molar-refractivity contribution >= 4 is 0 Å². The van der Waals surface area contributed by atoms with Crippen LogP contribution < -0.4 is 5.32 Å². The molecule has 2 unspecified atom stereocenters. The second-order valence-electron chi connectivity index (χ2n) is 4.08. The van der Waals surface area contributed by atoms with Gasteiger partial charge in [-0.15, -0.1) is 0 Å². The van der Waals surface area contributed by atoms with Crippen LogP contribution in [0.25, 0.3) is 0 Å². The Bertz CT molecular complexity index is 287. The lowest BCUT2D eigenvalue weighted by Crippen LogP contribution is -2.40. The largest absolute Gasteiger partial charge is 0.383 e. The zero-order valence-corrected chi connectivity index (χ0v) is 9.15. The van der Waals surface area contributed by atoms with Crippen molar-refractivity contribution in [2.75, 3.05) is 20.3 Å². The number of nitrogens with zero attached hydrogens (tertiary/aromatic N) is 1. The number of aromatic nitrogens is 1. The van der Waals surface area contributed by atoms with Gasteiger partial charge in [-0.25, -0.2) is 0 Å². The van der Waals surface area contributed by atoms with Crippen LogP contribution in [0.2, 0.25) is 0 Å². The predicted octanol–water partition coefficient (Wildman–Crippen LogP) is 1.56. The smallest absolute Gasteiger partial charge is 0.0616 e. The zero-order valence-electron chi connectivity index (χ0n) is 9.15. The molecule has 2 atom stereocenters. The first kappa shape index (κ1) is 10.6. The molecule has 82 valence electrons. The number of rotatable bonds is 3. The van der Waals surface area contributed by atoms with Gasteiger partial charge in [0.25, 0.3) is 0 Å². The van der Waals surface area contributed by atoms with Crippen LogP contribution in [0.15, 0.2) is 24.4 Å². The average molecular weight is 206 g/mol. The van der Waals surface area contributed by atoms with Crippen LogP contribution in [-0.4, -0.2) is 31.3 Å². The normalized spacial score (nSPS) is 26.5. The maximum absolute atomic E-state index is 5.18. The molecule has 0 radical (unpaired) electrons. The molecule has 0 aromatic carbocycles. The van der Waals surface area contributed by atoms with E-state index in [1.165, 1.54) is 12.1 Å². The summed E-state index contributed by atoms with van der Waals surface area (Å²) in [5.41, 5.74) is 1.22. The van der Waals surface area contributed by atoms with Gasteiger partial charge in [-0.2, -0.15) is 0 Å². The Kier molecular flexibility index (Phi) is 3.69. The number of hydrogen-bond acceptors (Lipinski definition) is 3. The summed E-state index contributed by atoms with van der Waals surface area (Å²) in [6.45, 7) is 1.86. The number of ether oxygens (including phenoxy) is 1. The molecule has 2 heterocycles. The molecule has 0 amide bonds. The number of piperidine rings is 1. The maximum atomic E-state index is 5.18. The van der Waals surface area contributed by atoms with Crippen LogP contribution in [0.3, 0.4) is 0 Å². The molecule has 1 N–H and O–H groups in total. The van der Waals surface area contributed by atoms with Gasteiger partial charge in [-0.05, 0) is 31.5 Å². The van der Waals surface area contributed by atoms with E-state index in [9.17, 15) is 0 Å². The van der Waals surface area contributed by atoms with E-state index in [4.69, 9.17) is 4.74 Å². The quantitative estimate of drug-likeness (QED) is 0.815. The second-order valence-corrected chi connectivity index (χ2v) is 4.08. The van der Waals surface area contributed by atoms with Gasteiger partial charge in [0.2, 0.25) is 0 Å². The van der Waals surface area contributed by atoms with Gasteiger partial charge in [-0.1, -0.05) is 6.07 Å². The first-order valence-electron chi connectivity index (χ1n) is 5.53. The van der Waals surface area contributed by atoms with Crippen LogP contribution in [0.5, 0.6) is 0 Å². The molecule has 1 aromatic rings. The Morgan fingerprint density at radius 3 is 3.20 bits per heavy atom. The third-order valence-electron chi connectivity index (χ3n) is 2.97. The SMILES string of the molecule is COCC1CC(c2ccccn2)CCN1. The Morgan fingerprint density at radius 1 is 1.53 bits per heavy atom.